The lowest BCUT2D eigenvalue weighted by Crippen LogP contribution is -2.33. The number of carbonyl (C=O) groups is 1. The predicted molar refractivity (Wildman–Crippen MR) is 140 cm³/mol. The number of rotatable bonds is 6. The minimum atomic E-state index is -1.89. The highest BCUT2D eigenvalue weighted by Crippen LogP contribution is 2.37. The molecule has 3 aromatic rings. The topological polar surface area (TPSA) is 37.3 Å². The van der Waals surface area contributed by atoms with Crippen molar-refractivity contribution in [1.29, 1.82) is 0 Å². The van der Waals surface area contributed by atoms with Gasteiger partial charge in [0, 0.05) is 5.57 Å². The molecule has 0 heterocycles. The van der Waals surface area contributed by atoms with Gasteiger partial charge in [-0.25, -0.2) is 8.78 Å². The van der Waals surface area contributed by atoms with Gasteiger partial charge in [0.2, 0.25) is 0 Å². The van der Waals surface area contributed by atoms with Crippen molar-refractivity contribution < 1.29 is 18.7 Å². The van der Waals surface area contributed by atoms with Crippen molar-refractivity contribution in [2.45, 2.75) is 31.8 Å². The molecule has 3 aromatic carbocycles. The van der Waals surface area contributed by atoms with Crippen LogP contribution in [0.5, 0.6) is 0 Å². The van der Waals surface area contributed by atoms with Crippen molar-refractivity contribution >= 4 is 11.4 Å². The number of Topliss-reactive ketones (excluding diaryl/α,β-unsaturated/α-hetero) is 1. The van der Waals surface area contributed by atoms with Crippen LogP contribution in [0.2, 0.25) is 0 Å². The van der Waals surface area contributed by atoms with E-state index in [2.05, 4.69) is 17.8 Å². The molecule has 0 amide bonds. The van der Waals surface area contributed by atoms with E-state index in [4.69, 9.17) is 6.42 Å². The van der Waals surface area contributed by atoms with Gasteiger partial charge in [0.25, 0.3) is 0 Å². The fourth-order valence-corrected chi connectivity index (χ4v) is 3.86. The molecule has 0 aliphatic rings. The van der Waals surface area contributed by atoms with Crippen LogP contribution in [0.4, 0.5) is 8.78 Å². The zero-order valence-electron chi connectivity index (χ0n) is 20.3. The quantitative estimate of drug-likeness (QED) is 0.334. The van der Waals surface area contributed by atoms with Crippen molar-refractivity contribution in [2.75, 3.05) is 0 Å². The Morgan fingerprint density at radius 3 is 1.83 bits per heavy atom. The normalized spacial score (nSPS) is 13.7. The summed E-state index contributed by atoms with van der Waals surface area (Å²) in [5.41, 5.74) is -0.402. The van der Waals surface area contributed by atoms with Gasteiger partial charge in [0.05, 0.1) is 0 Å². The van der Waals surface area contributed by atoms with Gasteiger partial charge >= 0.3 is 0 Å². The van der Waals surface area contributed by atoms with Crippen LogP contribution in [0.25, 0.3) is 5.57 Å². The van der Waals surface area contributed by atoms with Crippen molar-refractivity contribution in [2.24, 2.45) is 0 Å². The Morgan fingerprint density at radius 1 is 0.889 bits per heavy atom. The molecular formula is C32H26F2O2. The maximum atomic E-state index is 13.9. The van der Waals surface area contributed by atoms with Crippen LogP contribution in [-0.4, -0.2) is 16.5 Å². The number of ketones is 1. The molecule has 0 saturated heterocycles. The van der Waals surface area contributed by atoms with Crippen LogP contribution in [0.3, 0.4) is 0 Å². The second-order valence-electron chi connectivity index (χ2n) is 8.62. The molecule has 0 bridgehead atoms. The van der Waals surface area contributed by atoms with E-state index in [0.717, 1.165) is 11.1 Å². The van der Waals surface area contributed by atoms with E-state index in [9.17, 15) is 18.7 Å². The van der Waals surface area contributed by atoms with Crippen molar-refractivity contribution in [1.82, 2.24) is 0 Å². The molecule has 0 saturated carbocycles. The van der Waals surface area contributed by atoms with Crippen LogP contribution in [-0.2, 0) is 10.2 Å². The minimum Gasteiger partial charge on any atom is -0.374 e. The molecule has 1 unspecified atom stereocenters. The monoisotopic (exact) mass is 480 g/mol. The van der Waals surface area contributed by atoms with Gasteiger partial charge in [0.15, 0.2) is 11.4 Å². The smallest absolute Gasteiger partial charge is 0.159 e. The molecule has 0 fully saturated rings. The second kappa shape index (κ2) is 11.0. The number of terminal acetylenes is 1. The highest BCUT2D eigenvalue weighted by molar-refractivity contribution is 5.96. The van der Waals surface area contributed by atoms with Crippen LogP contribution in [0.15, 0.2) is 96.6 Å². The molecule has 0 aromatic heterocycles. The molecule has 4 heteroatoms. The molecule has 0 aliphatic carbocycles. The minimum absolute atomic E-state index is 0.0586. The summed E-state index contributed by atoms with van der Waals surface area (Å²) < 4.78 is 27.8. The van der Waals surface area contributed by atoms with Crippen LogP contribution >= 0.6 is 0 Å². The number of benzene rings is 3. The third-order valence-corrected chi connectivity index (χ3v) is 5.93. The maximum absolute atomic E-state index is 13.9. The second-order valence-corrected chi connectivity index (χ2v) is 8.62. The SMILES string of the molecule is C#CC(C)(O)/C(=C/C(C#C/C=C(\C)c1ccccc1)(c1ccc(F)cc1)c1ccc(F)cc1)C(C)=O. The third-order valence-electron chi connectivity index (χ3n) is 5.93. The van der Waals surface area contributed by atoms with E-state index in [1.807, 2.05) is 37.3 Å². The first-order chi connectivity index (χ1) is 17.1. The fraction of sp³-hybridized carbons (Fsp3) is 0.156. The van der Waals surface area contributed by atoms with Crippen molar-refractivity contribution in [3.05, 3.63) is 125 Å². The predicted octanol–water partition coefficient (Wildman–Crippen LogP) is 6.26. The Kier molecular flexibility index (Phi) is 8.05. The zero-order chi connectivity index (χ0) is 26.3. The Bertz CT molecular complexity index is 1350. The first-order valence-electron chi connectivity index (χ1n) is 11.3. The van der Waals surface area contributed by atoms with Gasteiger partial charge < -0.3 is 5.11 Å². The first-order valence-corrected chi connectivity index (χ1v) is 11.3. The maximum Gasteiger partial charge on any atom is 0.159 e. The number of halogens is 2. The van der Waals surface area contributed by atoms with E-state index in [-0.39, 0.29) is 5.57 Å². The Labute approximate surface area is 211 Å². The highest BCUT2D eigenvalue weighted by Gasteiger charge is 2.36. The summed E-state index contributed by atoms with van der Waals surface area (Å²) in [4.78, 5) is 12.7. The summed E-state index contributed by atoms with van der Waals surface area (Å²) >= 11 is 0. The molecule has 1 atom stereocenters. The lowest BCUT2D eigenvalue weighted by atomic mass is 9.72. The average molecular weight is 481 g/mol. The number of aliphatic hydroxyl groups is 1. The van der Waals surface area contributed by atoms with Gasteiger partial charge in [-0.1, -0.05) is 72.4 Å². The molecule has 2 nitrogen and oxygen atoms in total. The van der Waals surface area contributed by atoms with Crippen LogP contribution in [0, 0.1) is 35.8 Å². The van der Waals surface area contributed by atoms with E-state index >= 15 is 0 Å². The van der Waals surface area contributed by atoms with Crippen LogP contribution in [0.1, 0.15) is 37.5 Å². The van der Waals surface area contributed by atoms with Crippen molar-refractivity contribution in [3.8, 4) is 24.2 Å². The Hall–Kier alpha value is -4.25. The standard InChI is InChI=1S/C32H26F2O2/c1-5-31(4,36)30(24(3)35)22-32(26-13-17-28(33)18-14-26,27-15-19-29(34)20-16-27)21-9-10-23(2)25-11-7-6-8-12-25/h1,6-8,10-20,22,36H,2-4H3/b23-10+,30-22+. The van der Waals surface area contributed by atoms with Gasteiger partial charge in [-0.2, -0.15) is 0 Å². The van der Waals surface area contributed by atoms with Crippen molar-refractivity contribution in [3.63, 3.8) is 0 Å². The molecule has 3 rings (SSSR count). The van der Waals surface area contributed by atoms with E-state index in [0.29, 0.717) is 11.1 Å². The highest BCUT2D eigenvalue weighted by atomic mass is 19.1. The van der Waals surface area contributed by atoms with Gasteiger partial charge in [-0.15, -0.1) is 6.42 Å². The fourth-order valence-electron chi connectivity index (χ4n) is 3.86. The molecule has 36 heavy (non-hydrogen) atoms. The molecule has 0 spiro atoms. The van der Waals surface area contributed by atoms with E-state index < -0.39 is 28.4 Å². The van der Waals surface area contributed by atoms with Crippen LogP contribution < -0.4 is 0 Å². The van der Waals surface area contributed by atoms with E-state index in [1.165, 1.54) is 44.2 Å². The molecular weight excluding hydrogens is 454 g/mol. The summed E-state index contributed by atoms with van der Waals surface area (Å²) in [6, 6.07) is 21.0. The van der Waals surface area contributed by atoms with Gasteiger partial charge in [-0.3, -0.25) is 4.79 Å². The average Bonchev–Trinajstić information content (AvgIpc) is 2.87. The largest absolute Gasteiger partial charge is 0.374 e. The summed E-state index contributed by atoms with van der Waals surface area (Å²) in [6.07, 6.45) is 8.78. The van der Waals surface area contributed by atoms with E-state index in [1.54, 1.807) is 30.3 Å². The molecule has 1 N–H and O–H groups in total. The number of hydrogen-bond donors (Lipinski definition) is 1. The molecule has 0 aliphatic heterocycles. The summed E-state index contributed by atoms with van der Waals surface area (Å²) in [5.74, 6) is 7.17. The molecule has 180 valence electrons. The summed E-state index contributed by atoms with van der Waals surface area (Å²) in [7, 11) is 0. The Morgan fingerprint density at radius 2 is 1.39 bits per heavy atom. The molecule has 0 radical (unpaired) electrons. The van der Waals surface area contributed by atoms with Gasteiger partial charge in [-0.05, 0) is 79.5 Å². The zero-order valence-corrected chi connectivity index (χ0v) is 20.3. The summed E-state index contributed by atoms with van der Waals surface area (Å²) in [5, 5.41) is 10.9. The first kappa shape index (κ1) is 26.4. The lowest BCUT2D eigenvalue weighted by molar-refractivity contribution is -0.115. The summed E-state index contributed by atoms with van der Waals surface area (Å²) in [6.45, 7) is 4.55. The number of allylic oxidation sites excluding steroid dienone is 3. The Balaban J connectivity index is 2.38. The lowest BCUT2D eigenvalue weighted by Gasteiger charge is -2.30. The number of hydrogen-bond acceptors (Lipinski definition) is 2. The number of carbonyl (C=O) groups excluding carboxylic acids is 1. The third kappa shape index (κ3) is 5.87. The van der Waals surface area contributed by atoms with Gasteiger partial charge in [0.1, 0.15) is 17.0 Å².